The largest absolute Gasteiger partial charge is 0.345 e. The molecule has 1 saturated carbocycles. The number of hydrogen-bond acceptors (Lipinski definition) is 3. The second kappa shape index (κ2) is 6.94. The number of aryl methyl sites for hydroxylation is 1. The fraction of sp³-hybridized carbons (Fsp3) is 0.450. The van der Waals surface area contributed by atoms with E-state index in [0.717, 1.165) is 22.7 Å². The average Bonchev–Trinajstić information content (AvgIpc) is 3.21. The molecule has 0 unspecified atom stereocenters. The average molecular weight is 351 g/mol. The molecule has 6 heteroatoms. The van der Waals surface area contributed by atoms with Crippen LogP contribution in [0.5, 0.6) is 0 Å². The minimum atomic E-state index is -0.0483. The smallest absolute Gasteiger partial charge is 0.253 e. The number of pyridine rings is 1. The van der Waals surface area contributed by atoms with E-state index in [0.29, 0.717) is 12.6 Å². The molecule has 1 fully saturated rings. The lowest BCUT2D eigenvalue weighted by Gasteiger charge is -2.26. The van der Waals surface area contributed by atoms with E-state index in [9.17, 15) is 4.79 Å². The maximum atomic E-state index is 12.8. The summed E-state index contributed by atoms with van der Waals surface area (Å²) in [7, 11) is 0. The summed E-state index contributed by atoms with van der Waals surface area (Å²) in [6.45, 7) is 4.52. The Balaban J connectivity index is 1.51. The van der Waals surface area contributed by atoms with Gasteiger partial charge in [0.05, 0.1) is 12.1 Å². The molecule has 1 aliphatic rings. The van der Waals surface area contributed by atoms with Crippen LogP contribution in [0.3, 0.4) is 0 Å². The van der Waals surface area contributed by atoms with Crippen molar-refractivity contribution in [2.24, 2.45) is 0 Å². The molecule has 0 radical (unpaired) electrons. The van der Waals surface area contributed by atoms with Crippen LogP contribution < -0.4 is 5.32 Å². The van der Waals surface area contributed by atoms with Crippen molar-refractivity contribution >= 4 is 11.6 Å². The topological polar surface area (TPSA) is 64.2 Å². The van der Waals surface area contributed by atoms with Gasteiger partial charge in [0.1, 0.15) is 0 Å². The van der Waals surface area contributed by atoms with Gasteiger partial charge in [-0.05, 0) is 44.9 Å². The van der Waals surface area contributed by atoms with Crippen LogP contribution in [-0.2, 0) is 6.54 Å². The van der Waals surface area contributed by atoms with Gasteiger partial charge in [0.15, 0.2) is 11.5 Å². The van der Waals surface area contributed by atoms with E-state index in [1.807, 2.05) is 34.9 Å². The summed E-state index contributed by atoms with van der Waals surface area (Å²) in [5, 5.41) is 11.3. The molecule has 0 spiro atoms. The summed E-state index contributed by atoms with van der Waals surface area (Å²) in [6, 6.07) is 8.30. The van der Waals surface area contributed by atoms with Crippen molar-refractivity contribution in [2.75, 3.05) is 0 Å². The first-order valence-electron chi connectivity index (χ1n) is 9.40. The summed E-state index contributed by atoms with van der Waals surface area (Å²) >= 11 is 0. The van der Waals surface area contributed by atoms with Gasteiger partial charge in [0.2, 0.25) is 0 Å². The van der Waals surface area contributed by atoms with E-state index in [1.54, 1.807) is 0 Å². The number of aromatic nitrogens is 4. The molecule has 136 valence electrons. The van der Waals surface area contributed by atoms with Crippen molar-refractivity contribution in [3.05, 3.63) is 53.2 Å². The first-order valence-corrected chi connectivity index (χ1v) is 9.40. The molecule has 1 amide bonds. The molecule has 0 saturated heterocycles. The van der Waals surface area contributed by atoms with Crippen LogP contribution >= 0.6 is 0 Å². The molecule has 3 heterocycles. The van der Waals surface area contributed by atoms with Crippen LogP contribution in [0, 0.1) is 13.8 Å². The van der Waals surface area contributed by atoms with Crippen LogP contribution in [0.2, 0.25) is 0 Å². The Morgan fingerprint density at radius 2 is 2.00 bits per heavy atom. The Morgan fingerprint density at radius 1 is 1.19 bits per heavy atom. The van der Waals surface area contributed by atoms with Crippen molar-refractivity contribution in [3.8, 4) is 0 Å². The lowest BCUT2D eigenvalue weighted by Crippen LogP contribution is -2.25. The van der Waals surface area contributed by atoms with E-state index >= 15 is 0 Å². The van der Waals surface area contributed by atoms with Gasteiger partial charge in [-0.3, -0.25) is 9.20 Å². The van der Waals surface area contributed by atoms with Crippen molar-refractivity contribution in [2.45, 2.75) is 58.5 Å². The van der Waals surface area contributed by atoms with Crippen molar-refractivity contribution < 1.29 is 4.79 Å². The SMILES string of the molecule is Cc1cc(C(=O)NCc2nnc3ccccn23)c(C)n1C1CCCCC1. The first-order chi connectivity index (χ1) is 12.6. The lowest BCUT2D eigenvalue weighted by atomic mass is 9.95. The Kier molecular flexibility index (Phi) is 4.49. The fourth-order valence-electron chi connectivity index (χ4n) is 4.17. The van der Waals surface area contributed by atoms with E-state index in [2.05, 4.69) is 33.9 Å². The van der Waals surface area contributed by atoms with Gasteiger partial charge in [0.25, 0.3) is 5.91 Å². The highest BCUT2D eigenvalue weighted by Crippen LogP contribution is 2.32. The molecule has 6 nitrogen and oxygen atoms in total. The fourth-order valence-corrected chi connectivity index (χ4v) is 4.17. The predicted molar refractivity (Wildman–Crippen MR) is 100 cm³/mol. The number of carbonyl (C=O) groups is 1. The quantitative estimate of drug-likeness (QED) is 0.781. The number of fused-ring (bicyclic) bond motifs is 1. The molecule has 0 aliphatic heterocycles. The zero-order chi connectivity index (χ0) is 18.1. The van der Waals surface area contributed by atoms with Crippen LogP contribution in [0.4, 0.5) is 0 Å². The highest BCUT2D eigenvalue weighted by Gasteiger charge is 2.22. The molecule has 4 rings (SSSR count). The molecule has 26 heavy (non-hydrogen) atoms. The van der Waals surface area contributed by atoms with Crippen molar-refractivity contribution in [1.29, 1.82) is 0 Å². The Morgan fingerprint density at radius 3 is 2.81 bits per heavy atom. The molecule has 0 bridgehead atoms. The summed E-state index contributed by atoms with van der Waals surface area (Å²) in [4.78, 5) is 12.8. The van der Waals surface area contributed by atoms with Crippen LogP contribution in [0.15, 0.2) is 30.5 Å². The number of hydrogen-bond donors (Lipinski definition) is 1. The molecule has 3 aromatic heterocycles. The van der Waals surface area contributed by atoms with E-state index < -0.39 is 0 Å². The van der Waals surface area contributed by atoms with E-state index in [1.165, 1.54) is 37.8 Å². The van der Waals surface area contributed by atoms with Crippen molar-refractivity contribution in [3.63, 3.8) is 0 Å². The third-order valence-electron chi connectivity index (χ3n) is 5.46. The van der Waals surface area contributed by atoms with Gasteiger partial charge >= 0.3 is 0 Å². The zero-order valence-corrected chi connectivity index (χ0v) is 15.4. The van der Waals surface area contributed by atoms with E-state index in [-0.39, 0.29) is 5.91 Å². The molecule has 0 atom stereocenters. The van der Waals surface area contributed by atoms with Gasteiger partial charge in [0, 0.05) is 23.6 Å². The Bertz CT molecular complexity index is 933. The van der Waals surface area contributed by atoms with Crippen LogP contribution in [0.25, 0.3) is 5.65 Å². The highest BCUT2D eigenvalue weighted by atomic mass is 16.1. The van der Waals surface area contributed by atoms with Gasteiger partial charge in [-0.1, -0.05) is 25.3 Å². The maximum Gasteiger partial charge on any atom is 0.253 e. The van der Waals surface area contributed by atoms with Gasteiger partial charge in [-0.15, -0.1) is 10.2 Å². The predicted octanol–water partition coefficient (Wildman–Crippen LogP) is 3.58. The number of nitrogens with zero attached hydrogens (tertiary/aromatic N) is 4. The second-order valence-corrected chi connectivity index (χ2v) is 7.17. The van der Waals surface area contributed by atoms with Gasteiger partial charge in [-0.25, -0.2) is 0 Å². The monoisotopic (exact) mass is 351 g/mol. The third kappa shape index (κ3) is 3.00. The summed E-state index contributed by atoms with van der Waals surface area (Å²) < 4.78 is 4.26. The summed E-state index contributed by atoms with van der Waals surface area (Å²) in [5.74, 6) is 0.683. The highest BCUT2D eigenvalue weighted by molar-refractivity contribution is 5.95. The van der Waals surface area contributed by atoms with Gasteiger partial charge in [-0.2, -0.15) is 0 Å². The Labute approximate surface area is 153 Å². The summed E-state index contributed by atoms with van der Waals surface area (Å²) in [5.41, 5.74) is 3.79. The molecule has 0 aromatic carbocycles. The normalized spacial score (nSPS) is 15.5. The van der Waals surface area contributed by atoms with E-state index in [4.69, 9.17) is 0 Å². The maximum absolute atomic E-state index is 12.8. The number of amides is 1. The second-order valence-electron chi connectivity index (χ2n) is 7.17. The molecule has 1 aliphatic carbocycles. The van der Waals surface area contributed by atoms with Crippen LogP contribution in [-0.4, -0.2) is 25.1 Å². The molecular formula is C20H25N5O. The first kappa shape index (κ1) is 16.8. The molecular weight excluding hydrogens is 326 g/mol. The van der Waals surface area contributed by atoms with Crippen LogP contribution in [0.1, 0.15) is 65.7 Å². The standard InChI is InChI=1S/C20H25N5O/c1-14-12-17(15(2)25(14)16-8-4-3-5-9-16)20(26)21-13-19-23-22-18-10-6-7-11-24(18)19/h6-7,10-12,16H,3-5,8-9,13H2,1-2H3,(H,21,26). The lowest BCUT2D eigenvalue weighted by molar-refractivity contribution is 0.0949. The molecule has 1 N–H and O–H groups in total. The minimum absolute atomic E-state index is 0.0483. The Hall–Kier alpha value is -2.63. The number of rotatable bonds is 4. The third-order valence-corrected chi connectivity index (χ3v) is 5.46. The van der Waals surface area contributed by atoms with Gasteiger partial charge < -0.3 is 9.88 Å². The van der Waals surface area contributed by atoms with Crippen molar-refractivity contribution in [1.82, 2.24) is 24.5 Å². The number of nitrogens with one attached hydrogen (secondary N) is 1. The minimum Gasteiger partial charge on any atom is -0.345 e. The molecule has 3 aromatic rings. The summed E-state index contributed by atoms with van der Waals surface area (Å²) in [6.07, 6.45) is 8.22. The number of carbonyl (C=O) groups excluding carboxylic acids is 1. The zero-order valence-electron chi connectivity index (χ0n) is 15.4.